The molecule has 1 saturated heterocycles. The Morgan fingerprint density at radius 2 is 1.93 bits per heavy atom. The van der Waals surface area contributed by atoms with Gasteiger partial charge in [0.25, 0.3) is 5.91 Å². The van der Waals surface area contributed by atoms with Crippen molar-refractivity contribution >= 4 is 23.4 Å². The van der Waals surface area contributed by atoms with Gasteiger partial charge in [0, 0.05) is 35.3 Å². The molecule has 5 nitrogen and oxygen atoms in total. The number of halogens is 2. The molecule has 160 valence electrons. The van der Waals surface area contributed by atoms with Gasteiger partial charge in [0.15, 0.2) is 0 Å². The number of hydrogen-bond acceptors (Lipinski definition) is 3. The van der Waals surface area contributed by atoms with Crippen LogP contribution in [-0.4, -0.2) is 47.9 Å². The van der Waals surface area contributed by atoms with E-state index in [1.165, 1.54) is 18.2 Å². The minimum Gasteiger partial charge on any atom is -0.352 e. The first-order chi connectivity index (χ1) is 13.7. The van der Waals surface area contributed by atoms with Crippen LogP contribution in [0.1, 0.15) is 62.7 Å². The SMILES string of the molecule is CC1(C)CCCN1C(=O)CNC1CCC(CNC(=O)c2cc(F)cc(Cl)c2)CC1. The number of rotatable bonds is 6. The van der Waals surface area contributed by atoms with E-state index in [2.05, 4.69) is 24.5 Å². The summed E-state index contributed by atoms with van der Waals surface area (Å²) in [7, 11) is 0. The van der Waals surface area contributed by atoms with Crippen LogP contribution in [0.5, 0.6) is 0 Å². The molecule has 2 N–H and O–H groups in total. The molecule has 0 bridgehead atoms. The van der Waals surface area contributed by atoms with E-state index >= 15 is 0 Å². The Balaban J connectivity index is 1.37. The average Bonchev–Trinajstić information content (AvgIpc) is 3.03. The van der Waals surface area contributed by atoms with E-state index in [4.69, 9.17) is 11.6 Å². The van der Waals surface area contributed by atoms with Crippen molar-refractivity contribution < 1.29 is 14.0 Å². The van der Waals surface area contributed by atoms with Gasteiger partial charge in [0.05, 0.1) is 6.54 Å². The largest absolute Gasteiger partial charge is 0.352 e. The van der Waals surface area contributed by atoms with Gasteiger partial charge in [-0.15, -0.1) is 0 Å². The number of nitrogens with zero attached hydrogens (tertiary/aromatic N) is 1. The molecule has 2 aliphatic rings. The van der Waals surface area contributed by atoms with E-state index < -0.39 is 5.82 Å². The monoisotopic (exact) mass is 423 g/mol. The molecule has 0 atom stereocenters. The van der Waals surface area contributed by atoms with Gasteiger partial charge < -0.3 is 15.5 Å². The summed E-state index contributed by atoms with van der Waals surface area (Å²) in [6.45, 7) is 6.09. The van der Waals surface area contributed by atoms with Crippen LogP contribution in [0.4, 0.5) is 4.39 Å². The maximum Gasteiger partial charge on any atom is 0.251 e. The number of hydrogen-bond donors (Lipinski definition) is 2. The summed E-state index contributed by atoms with van der Waals surface area (Å²) < 4.78 is 13.4. The molecule has 1 saturated carbocycles. The minimum atomic E-state index is -0.513. The van der Waals surface area contributed by atoms with Gasteiger partial charge in [-0.3, -0.25) is 9.59 Å². The average molecular weight is 424 g/mol. The summed E-state index contributed by atoms with van der Waals surface area (Å²) in [5.74, 6) is -0.226. The van der Waals surface area contributed by atoms with Crippen LogP contribution >= 0.6 is 11.6 Å². The number of carbonyl (C=O) groups is 2. The lowest BCUT2D eigenvalue weighted by Gasteiger charge is -2.33. The van der Waals surface area contributed by atoms with Crippen molar-refractivity contribution in [2.45, 2.75) is 64.0 Å². The van der Waals surface area contributed by atoms with E-state index in [1.807, 2.05) is 4.90 Å². The number of nitrogens with one attached hydrogen (secondary N) is 2. The third-order valence-electron chi connectivity index (χ3n) is 6.27. The molecule has 29 heavy (non-hydrogen) atoms. The zero-order valence-electron chi connectivity index (χ0n) is 17.3. The van der Waals surface area contributed by atoms with Gasteiger partial charge in [0.1, 0.15) is 5.82 Å². The van der Waals surface area contributed by atoms with Crippen molar-refractivity contribution in [1.82, 2.24) is 15.5 Å². The molecule has 1 aromatic rings. The summed E-state index contributed by atoms with van der Waals surface area (Å²) in [5.41, 5.74) is 0.217. The number of amides is 2. The van der Waals surface area contributed by atoms with Crippen molar-refractivity contribution in [2.75, 3.05) is 19.6 Å². The van der Waals surface area contributed by atoms with Crippen molar-refractivity contribution in [3.8, 4) is 0 Å². The second-order valence-electron chi connectivity index (χ2n) is 8.93. The van der Waals surface area contributed by atoms with Gasteiger partial charge >= 0.3 is 0 Å². The third kappa shape index (κ3) is 5.92. The minimum absolute atomic E-state index is 0.0273. The number of carbonyl (C=O) groups excluding carboxylic acids is 2. The Morgan fingerprint density at radius 3 is 2.55 bits per heavy atom. The summed E-state index contributed by atoms with van der Waals surface area (Å²) in [5, 5.41) is 6.53. The van der Waals surface area contributed by atoms with Gasteiger partial charge in [-0.05, 0) is 76.5 Å². The fourth-order valence-corrected chi connectivity index (χ4v) is 4.71. The van der Waals surface area contributed by atoms with Crippen LogP contribution in [0.25, 0.3) is 0 Å². The predicted octanol–water partition coefficient (Wildman–Crippen LogP) is 3.76. The molecule has 1 aliphatic heterocycles. The Hall–Kier alpha value is -1.66. The van der Waals surface area contributed by atoms with Crippen LogP contribution in [0.15, 0.2) is 18.2 Å². The number of benzene rings is 1. The molecular formula is C22H31ClFN3O2. The number of likely N-dealkylation sites (tertiary alicyclic amines) is 1. The highest BCUT2D eigenvalue weighted by Crippen LogP contribution is 2.28. The van der Waals surface area contributed by atoms with E-state index in [0.29, 0.717) is 25.0 Å². The van der Waals surface area contributed by atoms with Gasteiger partial charge in [-0.25, -0.2) is 4.39 Å². The fraction of sp³-hybridized carbons (Fsp3) is 0.636. The maximum atomic E-state index is 13.4. The smallest absolute Gasteiger partial charge is 0.251 e. The summed E-state index contributed by atoms with van der Waals surface area (Å²) >= 11 is 5.81. The molecule has 0 unspecified atom stereocenters. The second kappa shape index (κ2) is 9.43. The molecule has 2 amide bonds. The highest BCUT2D eigenvalue weighted by molar-refractivity contribution is 6.31. The Morgan fingerprint density at radius 1 is 1.21 bits per heavy atom. The van der Waals surface area contributed by atoms with Crippen molar-refractivity contribution in [3.63, 3.8) is 0 Å². The van der Waals surface area contributed by atoms with Crippen LogP contribution in [0.2, 0.25) is 5.02 Å². The zero-order valence-corrected chi connectivity index (χ0v) is 18.0. The molecular weight excluding hydrogens is 393 g/mol. The molecule has 1 aliphatic carbocycles. The van der Waals surface area contributed by atoms with Gasteiger partial charge in [-0.1, -0.05) is 11.6 Å². The highest BCUT2D eigenvalue weighted by atomic mass is 35.5. The van der Waals surface area contributed by atoms with E-state index in [1.54, 1.807) is 0 Å². The van der Waals surface area contributed by atoms with E-state index in [9.17, 15) is 14.0 Å². The first-order valence-corrected chi connectivity index (χ1v) is 10.9. The molecule has 7 heteroatoms. The Bertz CT molecular complexity index is 727. The highest BCUT2D eigenvalue weighted by Gasteiger charge is 2.35. The lowest BCUT2D eigenvalue weighted by atomic mass is 9.86. The van der Waals surface area contributed by atoms with E-state index in [-0.39, 0.29) is 27.9 Å². The van der Waals surface area contributed by atoms with Crippen LogP contribution in [0.3, 0.4) is 0 Å². The van der Waals surface area contributed by atoms with Crippen molar-refractivity contribution in [2.24, 2.45) is 5.92 Å². The predicted molar refractivity (Wildman–Crippen MR) is 113 cm³/mol. The summed E-state index contributed by atoms with van der Waals surface area (Å²) in [6.07, 6.45) is 6.11. The normalized spacial score (nSPS) is 23.8. The second-order valence-corrected chi connectivity index (χ2v) is 9.36. The summed E-state index contributed by atoms with van der Waals surface area (Å²) in [4.78, 5) is 26.7. The van der Waals surface area contributed by atoms with Crippen molar-refractivity contribution in [1.29, 1.82) is 0 Å². The van der Waals surface area contributed by atoms with Gasteiger partial charge in [0.2, 0.25) is 5.91 Å². The fourth-order valence-electron chi connectivity index (χ4n) is 4.49. The summed E-state index contributed by atoms with van der Waals surface area (Å²) in [6, 6.07) is 4.20. The standard InChI is InChI=1S/C22H31ClFN3O2/c1-22(2)8-3-9-27(22)20(28)14-25-19-6-4-15(5-7-19)13-26-21(29)16-10-17(23)12-18(24)11-16/h10-12,15,19,25H,3-9,13-14H2,1-2H3,(H,26,29). The Labute approximate surface area is 177 Å². The van der Waals surface area contributed by atoms with Crippen molar-refractivity contribution in [3.05, 3.63) is 34.6 Å². The molecule has 1 heterocycles. The van der Waals surface area contributed by atoms with Crippen LogP contribution in [0, 0.1) is 11.7 Å². The molecule has 3 rings (SSSR count). The molecule has 0 aromatic heterocycles. The maximum absolute atomic E-state index is 13.4. The molecule has 2 fully saturated rings. The first kappa shape index (κ1) is 22.0. The van der Waals surface area contributed by atoms with Crippen LogP contribution < -0.4 is 10.6 Å². The Kier molecular flexibility index (Phi) is 7.17. The molecule has 0 radical (unpaired) electrons. The third-order valence-corrected chi connectivity index (χ3v) is 6.49. The van der Waals surface area contributed by atoms with Gasteiger partial charge in [-0.2, -0.15) is 0 Å². The lowest BCUT2D eigenvalue weighted by molar-refractivity contribution is -0.133. The topological polar surface area (TPSA) is 61.4 Å². The van der Waals surface area contributed by atoms with E-state index in [0.717, 1.165) is 45.1 Å². The first-order valence-electron chi connectivity index (χ1n) is 10.5. The quantitative estimate of drug-likeness (QED) is 0.732. The van der Waals surface area contributed by atoms with Crippen LogP contribution in [-0.2, 0) is 4.79 Å². The molecule has 1 aromatic carbocycles. The lowest BCUT2D eigenvalue weighted by Crippen LogP contribution is -2.48. The molecule has 0 spiro atoms. The zero-order chi connectivity index (χ0) is 21.0.